The Morgan fingerprint density at radius 2 is 1.54 bits per heavy atom. The number of halogens is 2. The molecule has 0 radical (unpaired) electrons. The quantitative estimate of drug-likeness (QED) is 0.639. The van der Waals surface area contributed by atoms with Gasteiger partial charge in [0.1, 0.15) is 5.01 Å². The highest BCUT2D eigenvalue weighted by molar-refractivity contribution is 7.91. The van der Waals surface area contributed by atoms with Crippen LogP contribution in [0.2, 0.25) is 5.02 Å². The van der Waals surface area contributed by atoms with Crippen molar-refractivity contribution in [3.8, 4) is 0 Å². The lowest BCUT2D eigenvalue weighted by Gasteiger charge is -2.06. The van der Waals surface area contributed by atoms with Crippen LogP contribution in [-0.4, -0.2) is 18.6 Å². The maximum absolute atomic E-state index is 12.6. The third-order valence-electron chi connectivity index (χ3n) is 3.12. The van der Waals surface area contributed by atoms with Gasteiger partial charge in [-0.15, -0.1) is 21.8 Å². The number of anilines is 2. The predicted molar refractivity (Wildman–Crippen MR) is 96.1 cm³/mol. The van der Waals surface area contributed by atoms with Gasteiger partial charge in [0, 0.05) is 10.7 Å². The van der Waals surface area contributed by atoms with Crippen LogP contribution < -0.4 is 5.32 Å². The molecular formula is C15H11Cl2N3O2S2. The zero-order valence-electron chi connectivity index (χ0n) is 12.1. The maximum atomic E-state index is 12.6. The molecule has 0 saturated carbocycles. The fourth-order valence-corrected chi connectivity index (χ4v) is 4.16. The number of hydrogen-bond acceptors (Lipinski definition) is 6. The Labute approximate surface area is 153 Å². The molecule has 0 unspecified atom stereocenters. The van der Waals surface area contributed by atoms with Gasteiger partial charge >= 0.3 is 0 Å². The molecule has 1 N–H and O–H groups in total. The Bertz CT molecular complexity index is 940. The topological polar surface area (TPSA) is 72.0 Å². The Kier molecular flexibility index (Phi) is 5.05. The Morgan fingerprint density at radius 3 is 2.08 bits per heavy atom. The number of benzene rings is 2. The molecule has 0 spiro atoms. The lowest BCUT2D eigenvalue weighted by molar-refractivity contribution is 0.596. The van der Waals surface area contributed by atoms with Crippen LogP contribution in [0.4, 0.5) is 10.8 Å². The molecule has 0 atom stereocenters. The molecule has 5 nitrogen and oxygen atoms in total. The average molecular weight is 400 g/mol. The summed E-state index contributed by atoms with van der Waals surface area (Å²) in [4.78, 5) is 0.401. The summed E-state index contributed by atoms with van der Waals surface area (Å²) in [5.74, 6) is 0.303. The largest absolute Gasteiger partial charge is 0.330 e. The molecule has 0 fully saturated rings. The summed E-state index contributed by atoms with van der Waals surface area (Å²) < 4.78 is 25.1. The van der Waals surface area contributed by atoms with E-state index >= 15 is 0 Å². The van der Waals surface area contributed by atoms with Crippen molar-refractivity contribution >= 4 is 55.2 Å². The second-order valence-electron chi connectivity index (χ2n) is 4.74. The standard InChI is InChI=1S/C15H11Cl2N3O2S2/c16-9-14-19-20-15(23-14)18-11-3-7-13(8-4-11)24(21,22)12-5-1-10(17)2-6-12/h1-8H,9H2,(H,18,20). The van der Waals surface area contributed by atoms with Crippen molar-refractivity contribution in [3.05, 3.63) is 58.6 Å². The zero-order chi connectivity index (χ0) is 17.2. The fourth-order valence-electron chi connectivity index (χ4n) is 1.95. The first-order valence-electron chi connectivity index (χ1n) is 6.75. The van der Waals surface area contributed by atoms with Crippen molar-refractivity contribution in [1.82, 2.24) is 10.2 Å². The Morgan fingerprint density at radius 1 is 0.958 bits per heavy atom. The summed E-state index contributed by atoms with van der Waals surface area (Å²) in [5.41, 5.74) is 0.710. The minimum Gasteiger partial charge on any atom is -0.330 e. The van der Waals surface area contributed by atoms with Crippen LogP contribution in [0.5, 0.6) is 0 Å². The van der Waals surface area contributed by atoms with E-state index in [9.17, 15) is 8.42 Å². The van der Waals surface area contributed by atoms with Crippen molar-refractivity contribution in [2.24, 2.45) is 0 Å². The Balaban J connectivity index is 1.82. The first kappa shape index (κ1) is 17.2. The van der Waals surface area contributed by atoms with Gasteiger partial charge in [-0.05, 0) is 48.5 Å². The van der Waals surface area contributed by atoms with Gasteiger partial charge in [0.15, 0.2) is 0 Å². The number of nitrogens with zero attached hydrogens (tertiary/aromatic N) is 2. The van der Waals surface area contributed by atoms with Gasteiger partial charge in [-0.25, -0.2) is 8.42 Å². The summed E-state index contributed by atoms with van der Waals surface area (Å²) in [5, 5.41) is 12.7. The maximum Gasteiger partial charge on any atom is 0.210 e. The molecule has 3 rings (SSSR count). The molecule has 0 saturated heterocycles. The zero-order valence-corrected chi connectivity index (χ0v) is 15.3. The molecule has 1 heterocycles. The molecule has 24 heavy (non-hydrogen) atoms. The van der Waals surface area contributed by atoms with Crippen molar-refractivity contribution < 1.29 is 8.42 Å². The van der Waals surface area contributed by atoms with E-state index in [-0.39, 0.29) is 9.79 Å². The molecule has 0 amide bonds. The summed E-state index contributed by atoms with van der Waals surface area (Å²) in [6, 6.07) is 12.5. The smallest absolute Gasteiger partial charge is 0.210 e. The van der Waals surface area contributed by atoms with E-state index in [1.54, 1.807) is 24.3 Å². The lowest BCUT2D eigenvalue weighted by atomic mass is 10.3. The molecule has 0 aliphatic carbocycles. The van der Waals surface area contributed by atoms with E-state index in [2.05, 4.69) is 15.5 Å². The second-order valence-corrected chi connectivity index (χ2v) is 8.46. The van der Waals surface area contributed by atoms with Crippen LogP contribution in [0, 0.1) is 0 Å². The lowest BCUT2D eigenvalue weighted by Crippen LogP contribution is -2.02. The van der Waals surface area contributed by atoms with Crippen molar-refractivity contribution in [3.63, 3.8) is 0 Å². The third kappa shape index (κ3) is 3.70. The number of alkyl halides is 1. The van der Waals surface area contributed by atoms with Crippen LogP contribution in [0.25, 0.3) is 0 Å². The fraction of sp³-hybridized carbons (Fsp3) is 0.0667. The molecule has 2 aromatic carbocycles. The van der Waals surface area contributed by atoms with E-state index < -0.39 is 9.84 Å². The van der Waals surface area contributed by atoms with Crippen LogP contribution in [0.3, 0.4) is 0 Å². The number of hydrogen-bond donors (Lipinski definition) is 1. The average Bonchev–Trinajstić information content (AvgIpc) is 3.03. The highest BCUT2D eigenvalue weighted by Gasteiger charge is 2.17. The van der Waals surface area contributed by atoms with E-state index in [0.717, 1.165) is 0 Å². The summed E-state index contributed by atoms with van der Waals surface area (Å²) in [6.45, 7) is 0. The predicted octanol–water partition coefficient (Wildman–Crippen LogP) is 4.51. The summed E-state index contributed by atoms with van der Waals surface area (Å²) in [7, 11) is -3.57. The molecule has 0 bridgehead atoms. The number of rotatable bonds is 5. The summed E-state index contributed by atoms with van der Waals surface area (Å²) in [6.07, 6.45) is 0. The van der Waals surface area contributed by atoms with Gasteiger partial charge in [-0.2, -0.15) is 0 Å². The van der Waals surface area contributed by atoms with Gasteiger partial charge in [-0.3, -0.25) is 0 Å². The van der Waals surface area contributed by atoms with E-state index in [4.69, 9.17) is 23.2 Å². The molecule has 0 aliphatic rings. The van der Waals surface area contributed by atoms with Gasteiger partial charge in [0.25, 0.3) is 0 Å². The van der Waals surface area contributed by atoms with E-state index in [1.807, 2.05) is 0 Å². The SMILES string of the molecule is O=S(=O)(c1ccc(Cl)cc1)c1ccc(Nc2nnc(CCl)s2)cc1. The summed E-state index contributed by atoms with van der Waals surface area (Å²) >= 11 is 12.8. The molecule has 124 valence electrons. The van der Waals surface area contributed by atoms with Crippen molar-refractivity contribution in [2.75, 3.05) is 5.32 Å². The van der Waals surface area contributed by atoms with Crippen molar-refractivity contribution in [2.45, 2.75) is 15.7 Å². The third-order valence-corrected chi connectivity index (χ3v) is 6.41. The van der Waals surface area contributed by atoms with E-state index in [0.29, 0.717) is 26.7 Å². The number of nitrogens with one attached hydrogen (secondary N) is 1. The van der Waals surface area contributed by atoms with E-state index in [1.165, 1.54) is 35.6 Å². The first-order chi connectivity index (χ1) is 11.5. The first-order valence-corrected chi connectivity index (χ1v) is 9.96. The van der Waals surface area contributed by atoms with Gasteiger partial charge in [0.05, 0.1) is 15.7 Å². The normalized spacial score (nSPS) is 11.4. The molecule has 0 aliphatic heterocycles. The van der Waals surface area contributed by atoms with Crippen LogP contribution >= 0.6 is 34.5 Å². The molecule has 9 heteroatoms. The monoisotopic (exact) mass is 399 g/mol. The van der Waals surface area contributed by atoms with Crippen LogP contribution in [0.15, 0.2) is 58.3 Å². The van der Waals surface area contributed by atoms with Crippen LogP contribution in [0.1, 0.15) is 5.01 Å². The molecule has 3 aromatic rings. The minimum absolute atomic E-state index is 0.198. The highest BCUT2D eigenvalue weighted by Crippen LogP contribution is 2.26. The van der Waals surface area contributed by atoms with Crippen LogP contribution in [-0.2, 0) is 15.7 Å². The molecule has 1 aromatic heterocycles. The highest BCUT2D eigenvalue weighted by atomic mass is 35.5. The Hall–Kier alpha value is -1.67. The van der Waals surface area contributed by atoms with Gasteiger partial charge < -0.3 is 5.32 Å². The van der Waals surface area contributed by atoms with Gasteiger partial charge in [-0.1, -0.05) is 22.9 Å². The minimum atomic E-state index is -3.57. The van der Waals surface area contributed by atoms with Crippen molar-refractivity contribution in [1.29, 1.82) is 0 Å². The number of sulfone groups is 1. The number of aromatic nitrogens is 2. The second kappa shape index (κ2) is 7.06. The molecular weight excluding hydrogens is 389 g/mol. The van der Waals surface area contributed by atoms with Gasteiger partial charge in [0.2, 0.25) is 15.0 Å².